The number of nitrogen functional groups attached to an aromatic ring is 1. The van der Waals surface area contributed by atoms with Crippen LogP contribution in [0.3, 0.4) is 0 Å². The molecule has 0 atom stereocenters. The normalized spacial score (nSPS) is 10.8. The number of carbonyl (C=O) groups is 3. The number of ether oxygens (including phenoxy) is 6. The van der Waals surface area contributed by atoms with Gasteiger partial charge in [-0.3, -0.25) is 10.6 Å². The van der Waals surface area contributed by atoms with Crippen molar-refractivity contribution in [2.75, 3.05) is 27.0 Å². The highest BCUT2D eigenvalue weighted by Crippen LogP contribution is 2.37. The minimum Gasteiger partial charge on any atom is -0.444 e. The first-order valence-corrected chi connectivity index (χ1v) is 32.6. The van der Waals surface area contributed by atoms with E-state index < -0.39 is 46.2 Å². The van der Waals surface area contributed by atoms with E-state index in [-0.39, 0.29) is 28.1 Å². The van der Waals surface area contributed by atoms with Gasteiger partial charge in [-0.25, -0.2) is 59.2 Å². The summed E-state index contributed by atoms with van der Waals surface area (Å²) in [5.41, 5.74) is 5.67. The number of nitrogens with one attached hydrogen (secondary N) is 4. The molecule has 108 heavy (non-hydrogen) atoms. The molecule has 4 amide bonds. The summed E-state index contributed by atoms with van der Waals surface area (Å²) in [6, 6.07) is 37.3. The lowest BCUT2D eigenvalue weighted by Gasteiger charge is -2.19. The van der Waals surface area contributed by atoms with Gasteiger partial charge >= 0.3 is 24.4 Å². The highest BCUT2D eigenvalue weighted by molar-refractivity contribution is 6.32. The fourth-order valence-electron chi connectivity index (χ4n) is 7.92. The zero-order chi connectivity index (χ0) is 77.2. The van der Waals surface area contributed by atoms with E-state index in [0.29, 0.717) is 80.4 Å². The summed E-state index contributed by atoms with van der Waals surface area (Å²) in [6.45, 7) is 10.8. The van der Waals surface area contributed by atoms with Gasteiger partial charge in [-0.15, -0.1) is 0 Å². The Morgan fingerprint density at radius 2 is 0.741 bits per heavy atom. The van der Waals surface area contributed by atoms with Crippen LogP contribution < -0.4 is 45.9 Å². The highest BCUT2D eigenvalue weighted by atomic mass is 35.5. The molecule has 0 aliphatic rings. The third-order valence-corrected chi connectivity index (χ3v) is 13.2. The van der Waals surface area contributed by atoms with Crippen molar-refractivity contribution in [1.82, 2.24) is 94.1 Å². The molecule has 0 spiro atoms. The number of anilines is 5. The lowest BCUT2D eigenvalue weighted by molar-refractivity contribution is -0.137. The fourth-order valence-corrected chi connectivity index (χ4v) is 8.61. The monoisotopic (exact) mass is 1550 g/mol. The number of aromatic nitrogens is 19. The van der Waals surface area contributed by atoms with Crippen molar-refractivity contribution in [2.45, 2.75) is 58.9 Å². The molecule has 0 unspecified atom stereocenters. The van der Waals surface area contributed by atoms with Crippen LogP contribution in [0.2, 0.25) is 20.7 Å². The van der Waals surface area contributed by atoms with E-state index in [1.54, 1.807) is 181 Å². The maximum Gasteiger partial charge on any atom is 0.417 e. The summed E-state index contributed by atoms with van der Waals surface area (Å²) in [6.07, 6.45) is 10.6. The molecular formula is C68H59Cl4F3N24O9. The van der Waals surface area contributed by atoms with E-state index in [1.807, 2.05) is 0 Å². The minimum absolute atomic E-state index is 0.0591. The van der Waals surface area contributed by atoms with Gasteiger partial charge in [-0.2, -0.15) is 62.4 Å². The van der Waals surface area contributed by atoms with E-state index in [0.717, 1.165) is 12.1 Å². The summed E-state index contributed by atoms with van der Waals surface area (Å²) in [7, 11) is 0. The SMILES string of the molecule is CC(C)(C)OC(=O)Nc1ccc(Oc2ccnc(-n3cncn3)n2)cc1.CC(C)(C)OC(=O)Nc1ccc(Oc2ccnc(Cl)n2)cc1.Clc1ccnc(Cl)n1.Nc1ccc(Oc2ccnc(-n3cncn3)n2)cc1.O=C(Nc1ccc(Oc2ccnc(-n3cncn3)n2)cc1)Nc1ccc(Cl)c(C(F)(F)F)c1. The molecule has 8 aromatic heterocycles. The second kappa shape index (κ2) is 37.4. The second-order valence-electron chi connectivity index (χ2n) is 23.0. The van der Waals surface area contributed by atoms with Crippen LogP contribution in [0, 0.1) is 0 Å². The molecule has 0 saturated carbocycles. The minimum atomic E-state index is -4.64. The molecule has 0 aliphatic heterocycles. The Bertz CT molecular complexity index is 5020. The second-order valence-corrected chi connectivity index (χ2v) is 24.5. The lowest BCUT2D eigenvalue weighted by atomic mass is 10.2. The largest absolute Gasteiger partial charge is 0.444 e. The fraction of sp³-hybridized carbons (Fsp3) is 0.132. The molecule has 0 fully saturated rings. The predicted octanol–water partition coefficient (Wildman–Crippen LogP) is 15.8. The first-order chi connectivity index (χ1) is 51.6. The Morgan fingerprint density at radius 1 is 0.407 bits per heavy atom. The molecule has 13 aromatic rings. The predicted molar refractivity (Wildman–Crippen MR) is 389 cm³/mol. The van der Waals surface area contributed by atoms with Gasteiger partial charge in [-0.1, -0.05) is 23.2 Å². The highest BCUT2D eigenvalue weighted by Gasteiger charge is 2.33. The number of urea groups is 1. The molecule has 0 bridgehead atoms. The number of carbonyl (C=O) groups excluding carboxylic acids is 3. The molecular weight excluding hydrogens is 1500 g/mol. The maximum absolute atomic E-state index is 13.0. The Labute approximate surface area is 631 Å². The van der Waals surface area contributed by atoms with Crippen molar-refractivity contribution in [3.63, 3.8) is 0 Å². The number of hydrogen-bond acceptors (Lipinski definition) is 26. The van der Waals surface area contributed by atoms with Gasteiger partial charge in [0.05, 0.1) is 10.6 Å². The van der Waals surface area contributed by atoms with E-state index in [4.69, 9.17) is 80.6 Å². The zero-order valence-electron chi connectivity index (χ0n) is 57.1. The molecule has 33 nitrogen and oxygen atoms in total. The summed E-state index contributed by atoms with van der Waals surface area (Å²) >= 11 is 22.0. The Balaban J connectivity index is 0.000000163. The van der Waals surface area contributed by atoms with Crippen molar-refractivity contribution in [3.8, 4) is 64.4 Å². The van der Waals surface area contributed by atoms with Crippen LogP contribution in [-0.4, -0.2) is 124 Å². The molecule has 0 radical (unpaired) electrons. The molecule has 40 heteroatoms. The van der Waals surface area contributed by atoms with E-state index >= 15 is 0 Å². The number of nitrogens with zero attached hydrogens (tertiary/aromatic N) is 19. The Hall–Kier alpha value is -13.3. The van der Waals surface area contributed by atoms with Crippen molar-refractivity contribution < 1.29 is 56.0 Å². The number of benzene rings is 5. The Kier molecular flexibility index (Phi) is 27.3. The van der Waals surface area contributed by atoms with Gasteiger partial charge < -0.3 is 44.8 Å². The van der Waals surface area contributed by atoms with E-state index in [2.05, 4.69) is 101 Å². The van der Waals surface area contributed by atoms with Crippen molar-refractivity contribution in [3.05, 3.63) is 241 Å². The molecule has 0 aliphatic carbocycles. The van der Waals surface area contributed by atoms with Crippen LogP contribution in [0.1, 0.15) is 47.1 Å². The Morgan fingerprint density at radius 3 is 1.07 bits per heavy atom. The average Bonchev–Trinajstić information content (AvgIpc) is 0.976. The smallest absolute Gasteiger partial charge is 0.417 e. The van der Waals surface area contributed by atoms with Crippen LogP contribution in [-0.2, 0) is 15.7 Å². The molecule has 13 rings (SSSR count). The van der Waals surface area contributed by atoms with Crippen LogP contribution in [0.15, 0.2) is 215 Å². The van der Waals surface area contributed by atoms with Crippen molar-refractivity contribution in [2.24, 2.45) is 0 Å². The topological polar surface area (TPSA) is 402 Å². The van der Waals surface area contributed by atoms with Gasteiger partial charge in [0.15, 0.2) is 0 Å². The number of alkyl halides is 3. The first kappa shape index (κ1) is 78.8. The number of halogens is 7. The van der Waals surface area contributed by atoms with Crippen LogP contribution in [0.4, 0.5) is 56.0 Å². The summed E-state index contributed by atoms with van der Waals surface area (Å²) in [5, 5.41) is 22.2. The lowest BCUT2D eigenvalue weighted by Crippen LogP contribution is -2.27. The molecule has 8 heterocycles. The summed E-state index contributed by atoms with van der Waals surface area (Å²) in [4.78, 5) is 86.9. The van der Waals surface area contributed by atoms with E-state index in [9.17, 15) is 27.6 Å². The summed E-state index contributed by atoms with van der Waals surface area (Å²) < 4.78 is 76.0. The molecule has 5 aromatic carbocycles. The number of rotatable bonds is 15. The summed E-state index contributed by atoms with van der Waals surface area (Å²) in [5.74, 6) is 4.60. The van der Waals surface area contributed by atoms with Crippen molar-refractivity contribution >= 4 is 93.1 Å². The maximum atomic E-state index is 13.0. The van der Waals surface area contributed by atoms with Gasteiger partial charge in [0.1, 0.15) is 77.3 Å². The number of nitrogens with two attached hydrogens (primary N) is 1. The molecule has 554 valence electrons. The molecule has 0 saturated heterocycles. The van der Waals surface area contributed by atoms with Crippen LogP contribution in [0.25, 0.3) is 17.8 Å². The quantitative estimate of drug-likeness (QED) is 0.0361. The zero-order valence-corrected chi connectivity index (χ0v) is 60.1. The van der Waals surface area contributed by atoms with Crippen LogP contribution >= 0.6 is 46.4 Å². The van der Waals surface area contributed by atoms with Crippen LogP contribution in [0.5, 0.6) is 46.5 Å². The van der Waals surface area contributed by atoms with Gasteiger partial charge in [0, 0.05) is 83.7 Å². The van der Waals surface area contributed by atoms with Gasteiger partial charge in [0.25, 0.3) is 17.8 Å². The average molecular weight is 1560 g/mol. The number of hydrogen-bond donors (Lipinski definition) is 5. The number of amides is 4. The molecule has 6 N–H and O–H groups in total. The van der Waals surface area contributed by atoms with Gasteiger partial charge in [-0.05, 0) is 186 Å². The third kappa shape index (κ3) is 26.7. The van der Waals surface area contributed by atoms with E-state index in [1.165, 1.54) is 76.7 Å². The standard InChI is InChI=1S/C20H13ClF3N7O2.C17H18N6O3.C15H16ClN3O3.C12H10N6O.C4H2Cl2N2/c21-16-6-3-13(9-15(16)20(22,23)24)29-19(32)28-12-1-4-14(5-2-12)33-17-7-8-26-18(30-17)31-11-25-10-27-31;1-17(2,3)26-16(24)21-12-4-6-13(7-5-12)25-14-8-9-19-15(22-14)23-11-18-10-20-23;1-15(2,3)22-14(20)18-10-4-6-11(7-5-10)21-12-8-9-17-13(16)19-12;13-9-1-3-10(4-2-9)19-11-5-6-15-12(17-11)18-8-14-7-16-18;5-3-1-2-7-4(6)8-3/h1-11H,(H2,28,29,32);4-11H,1-3H3,(H,21,24);4-9H,1-3H3,(H,18,20);1-8H,13H2;1-2H. The van der Waals surface area contributed by atoms with Crippen molar-refractivity contribution in [1.29, 1.82) is 0 Å². The first-order valence-electron chi connectivity index (χ1n) is 31.1. The van der Waals surface area contributed by atoms with Gasteiger partial charge in [0.2, 0.25) is 34.1 Å². The third-order valence-electron chi connectivity index (χ3n) is 12.3.